The Hall–Kier alpha value is -3.94. The molecule has 0 N–H and O–H groups in total. The van der Waals surface area contributed by atoms with Crippen LogP contribution in [0.25, 0.3) is 11.6 Å². The molecule has 11 nitrogen and oxygen atoms in total. The van der Waals surface area contributed by atoms with E-state index in [0.717, 1.165) is 5.82 Å². The second-order valence-corrected chi connectivity index (χ2v) is 5.49. The van der Waals surface area contributed by atoms with E-state index in [2.05, 4.69) is 41.6 Å². The molecule has 4 heterocycles. The molecule has 26 heavy (non-hydrogen) atoms. The van der Waals surface area contributed by atoms with E-state index < -0.39 is 0 Å². The molecule has 4 aromatic rings. The van der Waals surface area contributed by atoms with Crippen molar-refractivity contribution >= 4 is 17.2 Å². The third-order valence-electron chi connectivity index (χ3n) is 3.76. The normalized spacial score (nSPS) is 11.5. The van der Waals surface area contributed by atoms with Crippen molar-refractivity contribution in [2.45, 2.75) is 13.8 Å². The molecule has 4 rings (SSSR count). The minimum absolute atomic E-state index is 0.247. The number of hydrogen-bond acceptors (Lipinski definition) is 8. The van der Waals surface area contributed by atoms with Gasteiger partial charge in [0, 0.05) is 19.4 Å². The van der Waals surface area contributed by atoms with Gasteiger partial charge in [-0.1, -0.05) is 0 Å². The smallest absolute Gasteiger partial charge is 0.247 e. The van der Waals surface area contributed by atoms with Gasteiger partial charge in [-0.05, 0) is 19.9 Å². The van der Waals surface area contributed by atoms with Gasteiger partial charge in [-0.15, -0.1) is 10.2 Å². The SMILES string of the molecule is Cc1nn2c(C)nn(C)c2c1/N=N/c1c(C#N)cnn1-c1ncccn1. The van der Waals surface area contributed by atoms with Crippen LogP contribution in [0.15, 0.2) is 34.9 Å². The molecule has 0 saturated carbocycles. The minimum Gasteiger partial charge on any atom is -0.247 e. The summed E-state index contributed by atoms with van der Waals surface area (Å²) in [6, 6.07) is 3.74. The zero-order valence-corrected chi connectivity index (χ0v) is 14.2. The van der Waals surface area contributed by atoms with Crippen LogP contribution in [0.4, 0.5) is 11.5 Å². The fourth-order valence-electron chi connectivity index (χ4n) is 2.61. The maximum absolute atomic E-state index is 9.33. The van der Waals surface area contributed by atoms with Crippen molar-refractivity contribution in [3.8, 4) is 12.0 Å². The van der Waals surface area contributed by atoms with Crippen LogP contribution in [0.5, 0.6) is 0 Å². The molecule has 0 bridgehead atoms. The van der Waals surface area contributed by atoms with Crippen LogP contribution in [-0.2, 0) is 7.05 Å². The molecule has 0 aliphatic heterocycles. The lowest BCUT2D eigenvalue weighted by molar-refractivity contribution is 0.777. The summed E-state index contributed by atoms with van der Waals surface area (Å²) in [6.07, 6.45) is 4.57. The summed E-state index contributed by atoms with van der Waals surface area (Å²) in [5.41, 5.74) is 2.25. The van der Waals surface area contributed by atoms with Gasteiger partial charge in [0.2, 0.25) is 0 Å². The van der Waals surface area contributed by atoms with Gasteiger partial charge in [-0.2, -0.15) is 29.8 Å². The van der Waals surface area contributed by atoms with Crippen LogP contribution in [0.3, 0.4) is 0 Å². The summed E-state index contributed by atoms with van der Waals surface area (Å²) < 4.78 is 4.76. The third kappa shape index (κ3) is 2.32. The lowest BCUT2D eigenvalue weighted by Crippen LogP contribution is -2.01. The first-order chi connectivity index (χ1) is 12.6. The van der Waals surface area contributed by atoms with E-state index in [1.807, 2.05) is 20.9 Å². The predicted octanol–water partition coefficient (Wildman–Crippen LogP) is 1.95. The number of nitriles is 1. The number of aryl methyl sites for hydroxylation is 3. The number of azo groups is 1. The molecule has 0 spiro atoms. The molecule has 4 aromatic heterocycles. The van der Waals surface area contributed by atoms with Crippen molar-refractivity contribution < 1.29 is 0 Å². The first-order valence-corrected chi connectivity index (χ1v) is 7.66. The van der Waals surface area contributed by atoms with Gasteiger partial charge in [0.15, 0.2) is 17.2 Å². The highest BCUT2D eigenvalue weighted by molar-refractivity contribution is 5.67. The van der Waals surface area contributed by atoms with Gasteiger partial charge in [-0.25, -0.2) is 14.6 Å². The maximum Gasteiger partial charge on any atom is 0.252 e. The van der Waals surface area contributed by atoms with Crippen LogP contribution >= 0.6 is 0 Å². The van der Waals surface area contributed by atoms with E-state index in [1.165, 1.54) is 10.9 Å². The fraction of sp³-hybridized carbons (Fsp3) is 0.200. The topological polar surface area (TPSA) is 127 Å². The monoisotopic (exact) mass is 347 g/mol. The number of aromatic nitrogens is 8. The largest absolute Gasteiger partial charge is 0.252 e. The highest BCUT2D eigenvalue weighted by atomic mass is 15.4. The Morgan fingerprint density at radius 1 is 1.12 bits per heavy atom. The standard InChI is InChI=1S/C15H13N11/c1-9-12(14-24(3)23-10(2)25(14)22-9)20-21-13-11(7-16)8-19-26(13)15-17-5-4-6-18-15/h4-6,8H,1-3H3/b21-20+. The van der Waals surface area contributed by atoms with Gasteiger partial charge in [0.1, 0.15) is 17.5 Å². The Kier molecular flexibility index (Phi) is 3.51. The van der Waals surface area contributed by atoms with E-state index in [0.29, 0.717) is 23.0 Å². The molecular formula is C15H13N11. The van der Waals surface area contributed by atoms with Gasteiger partial charge in [0.05, 0.1) is 11.9 Å². The predicted molar refractivity (Wildman–Crippen MR) is 89.5 cm³/mol. The minimum atomic E-state index is 0.247. The molecule has 0 atom stereocenters. The van der Waals surface area contributed by atoms with E-state index in [4.69, 9.17) is 0 Å². The summed E-state index contributed by atoms with van der Waals surface area (Å²) in [6.45, 7) is 3.69. The fourth-order valence-corrected chi connectivity index (χ4v) is 2.61. The zero-order chi connectivity index (χ0) is 18.3. The van der Waals surface area contributed by atoms with Crippen molar-refractivity contribution in [1.82, 2.24) is 39.1 Å². The summed E-state index contributed by atoms with van der Waals surface area (Å²) >= 11 is 0. The Morgan fingerprint density at radius 3 is 2.62 bits per heavy atom. The van der Waals surface area contributed by atoms with E-state index >= 15 is 0 Å². The van der Waals surface area contributed by atoms with E-state index in [-0.39, 0.29) is 11.4 Å². The van der Waals surface area contributed by atoms with Crippen LogP contribution in [0.2, 0.25) is 0 Å². The average molecular weight is 347 g/mol. The third-order valence-corrected chi connectivity index (χ3v) is 3.76. The number of fused-ring (bicyclic) bond motifs is 1. The van der Waals surface area contributed by atoms with E-state index in [1.54, 1.807) is 27.7 Å². The van der Waals surface area contributed by atoms with Crippen LogP contribution in [0.1, 0.15) is 17.1 Å². The number of nitrogens with zero attached hydrogens (tertiary/aromatic N) is 11. The summed E-state index contributed by atoms with van der Waals surface area (Å²) in [5, 5.41) is 30.8. The summed E-state index contributed by atoms with van der Waals surface area (Å²) in [5.74, 6) is 1.29. The van der Waals surface area contributed by atoms with Gasteiger partial charge >= 0.3 is 0 Å². The molecule has 0 saturated heterocycles. The van der Waals surface area contributed by atoms with Crippen LogP contribution < -0.4 is 0 Å². The maximum atomic E-state index is 9.33. The molecule has 0 radical (unpaired) electrons. The zero-order valence-electron chi connectivity index (χ0n) is 14.2. The molecular weight excluding hydrogens is 334 g/mol. The second-order valence-electron chi connectivity index (χ2n) is 5.49. The number of hydrogen-bond donors (Lipinski definition) is 0. The summed E-state index contributed by atoms with van der Waals surface area (Å²) in [4.78, 5) is 8.27. The van der Waals surface area contributed by atoms with Crippen molar-refractivity contribution in [2.75, 3.05) is 0 Å². The molecule has 0 aliphatic rings. The van der Waals surface area contributed by atoms with Gasteiger partial charge < -0.3 is 0 Å². The van der Waals surface area contributed by atoms with E-state index in [9.17, 15) is 5.26 Å². The molecule has 0 aliphatic carbocycles. The highest BCUT2D eigenvalue weighted by Crippen LogP contribution is 2.29. The van der Waals surface area contributed by atoms with Crippen LogP contribution in [-0.4, -0.2) is 39.1 Å². The molecule has 0 amide bonds. The number of rotatable bonds is 3. The van der Waals surface area contributed by atoms with Gasteiger partial charge in [-0.3, -0.25) is 0 Å². The molecule has 128 valence electrons. The Bertz CT molecular complexity index is 1170. The highest BCUT2D eigenvalue weighted by Gasteiger charge is 2.17. The van der Waals surface area contributed by atoms with Gasteiger partial charge in [0.25, 0.3) is 5.95 Å². The first-order valence-electron chi connectivity index (χ1n) is 7.66. The first kappa shape index (κ1) is 15.6. The Labute approximate surface area is 147 Å². The van der Waals surface area contributed by atoms with Crippen LogP contribution in [0, 0.1) is 25.2 Å². The Morgan fingerprint density at radius 2 is 1.88 bits per heavy atom. The summed E-state index contributed by atoms with van der Waals surface area (Å²) in [7, 11) is 1.81. The Balaban J connectivity index is 1.85. The lowest BCUT2D eigenvalue weighted by atomic mass is 10.4. The molecule has 0 fully saturated rings. The van der Waals surface area contributed by atoms with Crippen molar-refractivity contribution in [3.63, 3.8) is 0 Å². The molecule has 0 aromatic carbocycles. The van der Waals surface area contributed by atoms with Crippen molar-refractivity contribution in [2.24, 2.45) is 17.3 Å². The second kappa shape index (κ2) is 5.85. The molecule has 0 unspecified atom stereocenters. The quantitative estimate of drug-likeness (QED) is 0.521. The van der Waals surface area contributed by atoms with Crippen molar-refractivity contribution in [1.29, 1.82) is 5.26 Å². The average Bonchev–Trinajstić information content (AvgIpc) is 3.28. The molecule has 11 heteroatoms. The lowest BCUT2D eigenvalue weighted by Gasteiger charge is -2.00. The van der Waals surface area contributed by atoms with Crippen molar-refractivity contribution in [3.05, 3.63) is 41.7 Å².